The Balaban J connectivity index is 0.953. The minimum Gasteiger partial charge on any atom is -0.475 e. The fourth-order valence-corrected chi connectivity index (χ4v) is 5.91. The first kappa shape index (κ1) is 38.2. The number of nitrogens with one attached hydrogen (secondary N) is 5. The van der Waals surface area contributed by atoms with Crippen molar-refractivity contribution in [3.63, 3.8) is 0 Å². The smallest absolute Gasteiger partial charge is 0.372 e. The number of likely N-dealkylation sites (tertiary alicyclic amines) is 1. The van der Waals surface area contributed by atoms with E-state index in [0.717, 1.165) is 0 Å². The molecule has 1 fully saturated rings. The molecule has 0 radical (unpaired) electrons. The molecular weight excluding hydrogens is 732 g/mol. The number of aryl methyl sites for hydroxylation is 5. The molecule has 292 valence electrons. The van der Waals surface area contributed by atoms with Crippen LogP contribution in [0.1, 0.15) is 59.3 Å². The van der Waals surface area contributed by atoms with Crippen molar-refractivity contribution < 1.29 is 38.7 Å². The summed E-state index contributed by atoms with van der Waals surface area (Å²) in [5, 5.41) is 22.4. The lowest BCUT2D eigenvalue weighted by molar-refractivity contribution is -0.123. The summed E-state index contributed by atoms with van der Waals surface area (Å²) in [5.41, 5.74) is 1.22. The van der Waals surface area contributed by atoms with E-state index in [1.807, 2.05) is 0 Å². The van der Waals surface area contributed by atoms with Crippen LogP contribution in [0.5, 0.6) is 0 Å². The van der Waals surface area contributed by atoms with E-state index < -0.39 is 41.4 Å². The molecule has 6 heterocycles. The topological polar surface area (TPSA) is 266 Å². The first-order valence-electron chi connectivity index (χ1n) is 17.0. The van der Waals surface area contributed by atoms with Gasteiger partial charge in [-0.3, -0.25) is 28.8 Å². The molecule has 0 bridgehead atoms. The van der Waals surface area contributed by atoms with Gasteiger partial charge in [0.1, 0.15) is 11.4 Å². The van der Waals surface area contributed by atoms with Crippen molar-refractivity contribution in [2.45, 2.75) is 6.42 Å². The summed E-state index contributed by atoms with van der Waals surface area (Å²) in [6.07, 6.45) is 8.99. The summed E-state index contributed by atoms with van der Waals surface area (Å²) in [7, 11) is 8.02. The highest BCUT2D eigenvalue weighted by Crippen LogP contribution is 2.23. The SMILES string of the molecule is Cn1cc(NC(=O)c2nccn2C)cc1C(=O)NCCC(=O)Nc1cn(C)c(C(=O)Nc2cc(C(=O)N3CC(C(=O)Nc4cn(C)c(C(=O)O)n4)C3)n(C)c2)n1. The van der Waals surface area contributed by atoms with Gasteiger partial charge in [0.2, 0.25) is 23.5 Å². The lowest BCUT2D eigenvalue weighted by Gasteiger charge is -2.38. The molecule has 0 unspecified atom stereocenters. The highest BCUT2D eigenvalue weighted by molar-refractivity contribution is 6.05. The zero-order chi connectivity index (χ0) is 40.4. The lowest BCUT2D eigenvalue weighted by Crippen LogP contribution is -2.54. The Kier molecular flexibility index (Phi) is 10.5. The summed E-state index contributed by atoms with van der Waals surface area (Å²) in [5.74, 6) is -4.33. The maximum absolute atomic E-state index is 13.2. The minimum absolute atomic E-state index is 0.00808. The predicted octanol–water partition coefficient (Wildman–Crippen LogP) is 0.236. The van der Waals surface area contributed by atoms with Crippen molar-refractivity contribution in [3.8, 4) is 0 Å². The number of hydrogen-bond donors (Lipinski definition) is 6. The number of aromatic nitrogens is 8. The van der Waals surface area contributed by atoms with Gasteiger partial charge in [-0.2, -0.15) is 0 Å². The van der Waals surface area contributed by atoms with Gasteiger partial charge in [-0.1, -0.05) is 0 Å². The van der Waals surface area contributed by atoms with Gasteiger partial charge >= 0.3 is 5.97 Å². The van der Waals surface area contributed by atoms with Crippen LogP contribution in [0.3, 0.4) is 0 Å². The van der Waals surface area contributed by atoms with E-state index in [1.54, 1.807) is 51.3 Å². The van der Waals surface area contributed by atoms with Crippen LogP contribution in [0.25, 0.3) is 0 Å². The number of carboxylic acid groups (broad SMARTS) is 1. The second-order valence-corrected chi connectivity index (χ2v) is 13.1. The molecule has 22 heteroatoms. The second-order valence-electron chi connectivity index (χ2n) is 13.1. The second kappa shape index (κ2) is 15.5. The molecular formula is C34H38N14O8. The quantitative estimate of drug-likeness (QED) is 0.0944. The summed E-state index contributed by atoms with van der Waals surface area (Å²) in [4.78, 5) is 102. The average molecular weight is 771 g/mol. The van der Waals surface area contributed by atoms with E-state index in [-0.39, 0.29) is 72.5 Å². The third-order valence-electron chi connectivity index (χ3n) is 8.84. The van der Waals surface area contributed by atoms with E-state index in [1.165, 1.54) is 60.9 Å². The molecule has 6 amide bonds. The number of nitrogens with zero attached hydrogens (tertiary/aromatic N) is 9. The van der Waals surface area contributed by atoms with E-state index >= 15 is 0 Å². The molecule has 0 saturated carbocycles. The fourth-order valence-electron chi connectivity index (χ4n) is 5.91. The molecule has 1 aliphatic rings. The van der Waals surface area contributed by atoms with Gasteiger partial charge in [-0.15, -0.1) is 0 Å². The summed E-state index contributed by atoms with van der Waals surface area (Å²) < 4.78 is 7.33. The highest BCUT2D eigenvalue weighted by atomic mass is 16.4. The molecule has 6 N–H and O–H groups in total. The van der Waals surface area contributed by atoms with Crippen molar-refractivity contribution in [2.75, 3.05) is 40.9 Å². The zero-order valence-electron chi connectivity index (χ0n) is 30.9. The van der Waals surface area contributed by atoms with Crippen LogP contribution >= 0.6 is 0 Å². The van der Waals surface area contributed by atoms with Gasteiger partial charge in [0.05, 0.1) is 17.3 Å². The molecule has 6 rings (SSSR count). The largest absolute Gasteiger partial charge is 0.475 e. The Labute approximate surface area is 317 Å². The number of imidazole rings is 3. The number of hydrogen-bond acceptors (Lipinski definition) is 10. The van der Waals surface area contributed by atoms with Crippen LogP contribution in [0, 0.1) is 5.92 Å². The van der Waals surface area contributed by atoms with Gasteiger partial charge in [-0.05, 0) is 12.1 Å². The maximum atomic E-state index is 13.2. The molecule has 0 spiro atoms. The van der Waals surface area contributed by atoms with Crippen molar-refractivity contribution in [2.24, 2.45) is 41.2 Å². The van der Waals surface area contributed by atoms with Crippen molar-refractivity contribution in [1.82, 2.24) is 48.0 Å². The van der Waals surface area contributed by atoms with Gasteiger partial charge in [0.15, 0.2) is 17.5 Å². The molecule has 0 aromatic carbocycles. The normalized spacial score (nSPS) is 12.5. The molecule has 0 atom stereocenters. The summed E-state index contributed by atoms with van der Waals surface area (Å²) in [6.45, 7) is 0.255. The van der Waals surface area contributed by atoms with Crippen LogP contribution in [0.2, 0.25) is 0 Å². The Morgan fingerprint density at radius 3 is 1.86 bits per heavy atom. The van der Waals surface area contributed by atoms with E-state index in [0.29, 0.717) is 11.4 Å². The van der Waals surface area contributed by atoms with Crippen molar-refractivity contribution in [3.05, 3.63) is 78.2 Å². The lowest BCUT2D eigenvalue weighted by atomic mass is 9.98. The summed E-state index contributed by atoms with van der Waals surface area (Å²) >= 11 is 0. The Bertz CT molecular complexity index is 2390. The highest BCUT2D eigenvalue weighted by Gasteiger charge is 2.37. The standard InChI is InChI=1S/C34H38N14O8/c1-43-9-8-35-26(43)31(52)37-19-10-21(44(2)14-19)30(51)36-7-6-25(49)39-23-16-46(4)27(40-23)32(53)38-20-11-22(45(3)15-20)33(54)48-12-18(13-48)29(50)42-24-17-47(5)28(41-24)34(55)56/h8-11,14-18H,6-7,12-13H2,1-5H3,(H,36,51)(H,37,52)(H,38,53)(H,39,49)(H,42,50)(H,55,56). The fraction of sp³-hybridized carbons (Fsp3) is 0.294. The van der Waals surface area contributed by atoms with Gasteiger partial charge < -0.3 is 59.4 Å². The molecule has 56 heavy (non-hydrogen) atoms. The molecule has 1 saturated heterocycles. The van der Waals surface area contributed by atoms with Gasteiger partial charge in [-0.25, -0.2) is 19.7 Å². The third kappa shape index (κ3) is 8.17. The van der Waals surface area contributed by atoms with Gasteiger partial charge in [0.25, 0.3) is 23.6 Å². The third-order valence-corrected chi connectivity index (χ3v) is 8.84. The summed E-state index contributed by atoms with van der Waals surface area (Å²) in [6, 6.07) is 2.99. The van der Waals surface area contributed by atoms with Crippen LogP contribution in [0.15, 0.2) is 49.3 Å². The average Bonchev–Trinajstić information content (AvgIpc) is 3.93. The number of aromatic carboxylic acids is 1. The monoisotopic (exact) mass is 770 g/mol. The van der Waals surface area contributed by atoms with Crippen LogP contribution in [0.4, 0.5) is 23.0 Å². The maximum Gasteiger partial charge on any atom is 0.372 e. The molecule has 5 aromatic rings. The predicted molar refractivity (Wildman–Crippen MR) is 197 cm³/mol. The number of carboxylic acids is 1. The number of rotatable bonds is 13. The van der Waals surface area contributed by atoms with Crippen molar-refractivity contribution in [1.29, 1.82) is 0 Å². The van der Waals surface area contributed by atoms with Crippen LogP contribution in [-0.2, 0) is 44.8 Å². The number of carbonyl (C=O) groups excluding carboxylic acids is 6. The van der Waals surface area contributed by atoms with Gasteiger partial charge in [0, 0.05) is 98.5 Å². The first-order valence-corrected chi connectivity index (χ1v) is 17.0. The Hall–Kier alpha value is -7.52. The molecule has 5 aromatic heterocycles. The molecule has 0 aliphatic carbocycles. The van der Waals surface area contributed by atoms with E-state index in [4.69, 9.17) is 5.11 Å². The minimum atomic E-state index is -1.23. The molecule has 22 nitrogen and oxygen atoms in total. The Morgan fingerprint density at radius 2 is 1.25 bits per heavy atom. The van der Waals surface area contributed by atoms with Crippen molar-refractivity contribution >= 4 is 64.4 Å². The number of anilines is 4. The Morgan fingerprint density at radius 1 is 0.679 bits per heavy atom. The van der Waals surface area contributed by atoms with E-state index in [9.17, 15) is 33.6 Å². The van der Waals surface area contributed by atoms with E-state index in [2.05, 4.69) is 41.5 Å². The number of amides is 6. The first-order chi connectivity index (χ1) is 26.6. The molecule has 1 aliphatic heterocycles. The number of carbonyl (C=O) groups is 7. The van der Waals surface area contributed by atoms with Crippen LogP contribution in [-0.4, -0.2) is 109 Å². The zero-order valence-corrected chi connectivity index (χ0v) is 30.9. The van der Waals surface area contributed by atoms with Crippen LogP contribution < -0.4 is 26.6 Å².